The summed E-state index contributed by atoms with van der Waals surface area (Å²) in [6.45, 7) is 4.55. The lowest BCUT2D eigenvalue weighted by molar-refractivity contribution is 0.376. The zero-order valence-corrected chi connectivity index (χ0v) is 11.7. The molecule has 0 bridgehead atoms. The van der Waals surface area contributed by atoms with Gasteiger partial charge in [-0.05, 0) is 62.4 Å². The number of nitrogens with zero attached hydrogens (tertiary/aromatic N) is 1. The molecule has 18 heavy (non-hydrogen) atoms. The van der Waals surface area contributed by atoms with Gasteiger partial charge in [0.2, 0.25) is 0 Å². The molecule has 3 rings (SSSR count). The van der Waals surface area contributed by atoms with Crippen LogP contribution in [0, 0.1) is 5.92 Å². The molecular formula is C15H20N2S. The molecular weight excluding hydrogens is 240 g/mol. The van der Waals surface area contributed by atoms with Crippen molar-refractivity contribution in [2.45, 2.75) is 32.6 Å². The van der Waals surface area contributed by atoms with Gasteiger partial charge in [-0.3, -0.25) is 0 Å². The van der Waals surface area contributed by atoms with E-state index in [0.717, 1.165) is 12.3 Å². The molecule has 2 nitrogen and oxygen atoms in total. The van der Waals surface area contributed by atoms with Gasteiger partial charge in [0, 0.05) is 0 Å². The number of aromatic nitrogens is 1. The minimum atomic E-state index is 0.815. The van der Waals surface area contributed by atoms with Crippen LogP contribution in [0.2, 0.25) is 0 Å². The molecule has 1 aliphatic rings. The summed E-state index contributed by atoms with van der Waals surface area (Å²) < 4.78 is 1.35. The van der Waals surface area contributed by atoms with Gasteiger partial charge in [0.25, 0.3) is 0 Å². The van der Waals surface area contributed by atoms with Crippen LogP contribution in [0.15, 0.2) is 18.2 Å². The predicted octanol–water partition coefficient (Wildman–Crippen LogP) is 3.40. The molecule has 1 unspecified atom stereocenters. The van der Waals surface area contributed by atoms with E-state index in [-0.39, 0.29) is 0 Å². The topological polar surface area (TPSA) is 24.9 Å². The number of thiazole rings is 1. The van der Waals surface area contributed by atoms with Gasteiger partial charge < -0.3 is 5.32 Å². The van der Waals surface area contributed by atoms with Gasteiger partial charge >= 0.3 is 0 Å². The van der Waals surface area contributed by atoms with Crippen molar-refractivity contribution in [2.24, 2.45) is 5.92 Å². The number of rotatable bonds is 3. The highest BCUT2D eigenvalue weighted by molar-refractivity contribution is 7.18. The monoisotopic (exact) mass is 260 g/mol. The van der Waals surface area contributed by atoms with E-state index < -0.39 is 0 Å². The molecule has 1 saturated heterocycles. The van der Waals surface area contributed by atoms with E-state index in [1.54, 1.807) is 0 Å². The molecule has 2 aromatic rings. The third-order valence-corrected chi connectivity index (χ3v) is 4.89. The van der Waals surface area contributed by atoms with Crippen LogP contribution in [0.25, 0.3) is 10.2 Å². The van der Waals surface area contributed by atoms with E-state index in [1.807, 2.05) is 11.3 Å². The summed E-state index contributed by atoms with van der Waals surface area (Å²) in [7, 11) is 0. The molecule has 2 heterocycles. The van der Waals surface area contributed by atoms with Gasteiger partial charge in [0.1, 0.15) is 0 Å². The SMILES string of the molecule is CCc1nc2ccc(CC3CCCNC3)cc2s1. The van der Waals surface area contributed by atoms with Crippen molar-refractivity contribution in [1.29, 1.82) is 0 Å². The van der Waals surface area contributed by atoms with Crippen LogP contribution in [0.5, 0.6) is 0 Å². The molecule has 3 heteroatoms. The second kappa shape index (κ2) is 5.37. The fourth-order valence-electron chi connectivity index (χ4n) is 2.73. The first-order valence-corrected chi connectivity index (χ1v) is 7.76. The maximum Gasteiger partial charge on any atom is 0.0935 e. The van der Waals surface area contributed by atoms with Crippen molar-refractivity contribution in [3.05, 3.63) is 28.8 Å². The number of hydrogen-bond donors (Lipinski definition) is 1. The fourth-order valence-corrected chi connectivity index (χ4v) is 3.70. The first-order valence-electron chi connectivity index (χ1n) is 6.94. The van der Waals surface area contributed by atoms with Gasteiger partial charge in [-0.1, -0.05) is 13.0 Å². The quantitative estimate of drug-likeness (QED) is 0.915. The minimum absolute atomic E-state index is 0.815. The molecule has 1 atom stereocenters. The van der Waals surface area contributed by atoms with Crippen molar-refractivity contribution in [3.8, 4) is 0 Å². The van der Waals surface area contributed by atoms with Crippen molar-refractivity contribution in [3.63, 3.8) is 0 Å². The Morgan fingerprint density at radius 2 is 2.39 bits per heavy atom. The summed E-state index contributed by atoms with van der Waals surface area (Å²) in [5, 5.41) is 4.75. The lowest BCUT2D eigenvalue weighted by atomic mass is 9.92. The summed E-state index contributed by atoms with van der Waals surface area (Å²) in [6.07, 6.45) is 4.95. The molecule has 0 saturated carbocycles. The van der Waals surface area contributed by atoms with E-state index in [4.69, 9.17) is 0 Å². The van der Waals surface area contributed by atoms with E-state index in [1.165, 1.54) is 53.1 Å². The number of benzene rings is 1. The molecule has 1 fully saturated rings. The molecule has 0 spiro atoms. The lowest BCUT2D eigenvalue weighted by Crippen LogP contribution is -2.30. The summed E-state index contributed by atoms with van der Waals surface area (Å²) in [5.41, 5.74) is 2.64. The fraction of sp³-hybridized carbons (Fsp3) is 0.533. The highest BCUT2D eigenvalue weighted by Crippen LogP contribution is 2.25. The third-order valence-electron chi connectivity index (χ3n) is 3.72. The van der Waals surface area contributed by atoms with Crippen LogP contribution in [-0.4, -0.2) is 18.1 Å². The largest absolute Gasteiger partial charge is 0.316 e. The van der Waals surface area contributed by atoms with E-state index in [2.05, 4.69) is 35.4 Å². The van der Waals surface area contributed by atoms with Gasteiger partial charge in [-0.25, -0.2) is 4.98 Å². The molecule has 96 valence electrons. The average molecular weight is 260 g/mol. The predicted molar refractivity (Wildman–Crippen MR) is 78.3 cm³/mol. The van der Waals surface area contributed by atoms with Crippen LogP contribution < -0.4 is 5.32 Å². The second-order valence-electron chi connectivity index (χ2n) is 5.18. The summed E-state index contributed by atoms with van der Waals surface area (Å²) in [5.74, 6) is 0.815. The van der Waals surface area contributed by atoms with E-state index in [9.17, 15) is 0 Å². The second-order valence-corrected chi connectivity index (χ2v) is 6.29. The zero-order valence-electron chi connectivity index (χ0n) is 10.9. The summed E-state index contributed by atoms with van der Waals surface area (Å²) in [4.78, 5) is 4.63. The summed E-state index contributed by atoms with van der Waals surface area (Å²) in [6, 6.07) is 6.80. The standard InChI is InChI=1S/C15H20N2S/c1-2-15-17-13-6-5-11(9-14(13)18-15)8-12-4-3-7-16-10-12/h5-6,9,12,16H,2-4,7-8,10H2,1H3. The van der Waals surface area contributed by atoms with Crippen LogP contribution in [0.4, 0.5) is 0 Å². The van der Waals surface area contributed by atoms with Gasteiger partial charge in [0.15, 0.2) is 0 Å². The molecule has 0 aliphatic carbocycles. The molecule has 1 aromatic heterocycles. The summed E-state index contributed by atoms with van der Waals surface area (Å²) >= 11 is 1.85. The van der Waals surface area contributed by atoms with Crippen LogP contribution in [0.1, 0.15) is 30.3 Å². The Balaban J connectivity index is 1.79. The van der Waals surface area contributed by atoms with Crippen molar-refractivity contribution >= 4 is 21.6 Å². The van der Waals surface area contributed by atoms with Gasteiger partial charge in [-0.15, -0.1) is 11.3 Å². The highest BCUT2D eigenvalue weighted by Gasteiger charge is 2.14. The Hall–Kier alpha value is -0.930. The first kappa shape index (κ1) is 12.1. The van der Waals surface area contributed by atoms with Crippen LogP contribution in [0.3, 0.4) is 0 Å². The minimum Gasteiger partial charge on any atom is -0.316 e. The number of hydrogen-bond acceptors (Lipinski definition) is 3. The van der Waals surface area contributed by atoms with Crippen LogP contribution in [-0.2, 0) is 12.8 Å². The Morgan fingerprint density at radius 1 is 1.44 bits per heavy atom. The van der Waals surface area contributed by atoms with Crippen LogP contribution >= 0.6 is 11.3 Å². The third kappa shape index (κ3) is 2.57. The number of fused-ring (bicyclic) bond motifs is 1. The smallest absolute Gasteiger partial charge is 0.0935 e. The van der Waals surface area contributed by atoms with Crippen molar-refractivity contribution in [1.82, 2.24) is 10.3 Å². The Bertz CT molecular complexity index is 526. The average Bonchev–Trinajstić information content (AvgIpc) is 2.82. The number of nitrogens with one attached hydrogen (secondary N) is 1. The van der Waals surface area contributed by atoms with Crippen molar-refractivity contribution < 1.29 is 0 Å². The molecule has 1 N–H and O–H groups in total. The highest BCUT2D eigenvalue weighted by atomic mass is 32.1. The van der Waals surface area contributed by atoms with E-state index in [0.29, 0.717) is 0 Å². The zero-order chi connectivity index (χ0) is 12.4. The molecule has 0 amide bonds. The Labute approximate surface area is 112 Å². The number of piperidine rings is 1. The maximum absolute atomic E-state index is 4.63. The molecule has 1 aliphatic heterocycles. The Morgan fingerprint density at radius 3 is 3.17 bits per heavy atom. The molecule has 0 radical (unpaired) electrons. The Kier molecular flexibility index (Phi) is 3.62. The van der Waals surface area contributed by atoms with Gasteiger partial charge in [-0.2, -0.15) is 0 Å². The van der Waals surface area contributed by atoms with E-state index >= 15 is 0 Å². The lowest BCUT2D eigenvalue weighted by Gasteiger charge is -2.22. The number of aryl methyl sites for hydroxylation is 1. The maximum atomic E-state index is 4.63. The van der Waals surface area contributed by atoms with Crippen molar-refractivity contribution in [2.75, 3.05) is 13.1 Å². The van der Waals surface area contributed by atoms with Gasteiger partial charge in [0.05, 0.1) is 15.2 Å². The normalized spacial score (nSPS) is 20.4. The first-order chi connectivity index (χ1) is 8.85. The molecule has 1 aromatic carbocycles.